The van der Waals surface area contributed by atoms with Crippen molar-refractivity contribution in [2.24, 2.45) is 5.92 Å². The number of likely N-dealkylation sites (tertiary alicyclic amines) is 1. The first-order valence-electron chi connectivity index (χ1n) is 10.0. The van der Waals surface area contributed by atoms with Gasteiger partial charge in [-0.3, -0.25) is 4.79 Å². The van der Waals surface area contributed by atoms with Gasteiger partial charge >= 0.3 is 0 Å². The van der Waals surface area contributed by atoms with E-state index in [1.165, 1.54) is 24.1 Å². The molecule has 5 heteroatoms. The van der Waals surface area contributed by atoms with Gasteiger partial charge in [-0.2, -0.15) is 0 Å². The lowest BCUT2D eigenvalue weighted by molar-refractivity contribution is 0.0793. The van der Waals surface area contributed by atoms with E-state index >= 15 is 0 Å². The summed E-state index contributed by atoms with van der Waals surface area (Å²) in [6.07, 6.45) is 6.84. The van der Waals surface area contributed by atoms with Crippen LogP contribution >= 0.6 is 0 Å². The van der Waals surface area contributed by atoms with E-state index < -0.39 is 0 Å². The van der Waals surface area contributed by atoms with Crippen molar-refractivity contribution in [3.63, 3.8) is 0 Å². The van der Waals surface area contributed by atoms with E-state index in [2.05, 4.69) is 23.2 Å². The number of nitrogens with zero attached hydrogens (tertiary/aromatic N) is 3. The molecule has 25 heavy (non-hydrogen) atoms. The molecule has 1 amide bonds. The first-order valence-corrected chi connectivity index (χ1v) is 10.0. The van der Waals surface area contributed by atoms with Gasteiger partial charge in [-0.25, -0.2) is 4.98 Å². The Morgan fingerprint density at radius 2 is 1.96 bits per heavy atom. The number of anilines is 1. The molecule has 136 valence electrons. The molecule has 2 fully saturated rings. The Labute approximate surface area is 150 Å². The van der Waals surface area contributed by atoms with Crippen molar-refractivity contribution in [3.8, 4) is 0 Å². The summed E-state index contributed by atoms with van der Waals surface area (Å²) in [6, 6.07) is 2.15. The van der Waals surface area contributed by atoms with Gasteiger partial charge in [0.05, 0.1) is 5.56 Å². The van der Waals surface area contributed by atoms with Crippen LogP contribution in [-0.2, 0) is 12.8 Å². The van der Waals surface area contributed by atoms with Crippen molar-refractivity contribution in [2.75, 3.05) is 44.6 Å². The van der Waals surface area contributed by atoms with Crippen LogP contribution in [0.2, 0.25) is 0 Å². The molecular weight excluding hydrogens is 312 g/mol. The zero-order valence-electron chi connectivity index (χ0n) is 15.4. The second kappa shape index (κ2) is 7.32. The van der Waals surface area contributed by atoms with Crippen molar-refractivity contribution >= 4 is 11.7 Å². The fourth-order valence-corrected chi connectivity index (χ4v) is 3.95. The minimum atomic E-state index is 0.169. The fraction of sp³-hybridized carbons (Fsp3) is 0.700. The van der Waals surface area contributed by atoms with Crippen LogP contribution in [0.25, 0.3) is 0 Å². The van der Waals surface area contributed by atoms with Crippen LogP contribution in [0.5, 0.6) is 0 Å². The van der Waals surface area contributed by atoms with Crippen LogP contribution < -0.4 is 5.32 Å². The van der Waals surface area contributed by atoms with Gasteiger partial charge in [0.1, 0.15) is 5.82 Å². The summed E-state index contributed by atoms with van der Waals surface area (Å²) in [4.78, 5) is 22.5. The van der Waals surface area contributed by atoms with E-state index in [1.54, 1.807) is 0 Å². The number of pyridine rings is 1. The van der Waals surface area contributed by atoms with E-state index in [-0.39, 0.29) is 5.91 Å². The number of fused-ring (bicyclic) bond motifs is 1. The molecular formula is C20H30N4O. The Morgan fingerprint density at radius 1 is 1.20 bits per heavy atom. The van der Waals surface area contributed by atoms with E-state index in [4.69, 9.17) is 4.98 Å². The number of amides is 1. The number of carbonyl (C=O) groups is 1. The minimum absolute atomic E-state index is 0.169. The number of hydrogen-bond acceptors (Lipinski definition) is 4. The van der Waals surface area contributed by atoms with Crippen molar-refractivity contribution in [1.82, 2.24) is 14.8 Å². The van der Waals surface area contributed by atoms with Crippen LogP contribution in [0.1, 0.15) is 54.2 Å². The molecule has 3 aliphatic rings. The molecule has 5 nitrogen and oxygen atoms in total. The quantitative estimate of drug-likeness (QED) is 0.893. The molecule has 1 aromatic heterocycles. The number of nitrogens with one attached hydrogen (secondary N) is 1. The molecule has 2 aliphatic heterocycles. The second-order valence-electron chi connectivity index (χ2n) is 7.75. The molecule has 4 rings (SSSR count). The third kappa shape index (κ3) is 3.81. The van der Waals surface area contributed by atoms with Crippen LogP contribution in [0.4, 0.5) is 5.82 Å². The summed E-state index contributed by atoms with van der Waals surface area (Å²) in [7, 11) is 0. The standard InChI is InChI=1S/C20H30N4O/c1-2-23-11-7-16-13-17(20(25)24-9-3-4-10-24)19(21-14-15-5-6-15)22-18(16)8-12-23/h13,15H,2-12,14H2,1H3,(H,21,22). The maximum atomic E-state index is 13.1. The average Bonchev–Trinajstić information content (AvgIpc) is 3.35. The van der Waals surface area contributed by atoms with Crippen molar-refractivity contribution in [3.05, 3.63) is 22.9 Å². The van der Waals surface area contributed by atoms with Crippen molar-refractivity contribution < 1.29 is 4.79 Å². The second-order valence-corrected chi connectivity index (χ2v) is 7.75. The van der Waals surface area contributed by atoms with Crippen LogP contribution in [0.3, 0.4) is 0 Å². The van der Waals surface area contributed by atoms with Gasteiger partial charge in [-0.05, 0) is 56.2 Å². The van der Waals surface area contributed by atoms with Gasteiger partial charge in [0.15, 0.2) is 0 Å². The maximum absolute atomic E-state index is 13.1. The Bertz CT molecular complexity index is 635. The number of carbonyl (C=O) groups excluding carboxylic acids is 1. The lowest BCUT2D eigenvalue weighted by Crippen LogP contribution is -2.29. The summed E-state index contributed by atoms with van der Waals surface area (Å²) in [5.74, 6) is 1.76. The number of aromatic nitrogens is 1. The number of likely N-dealkylation sites (N-methyl/N-ethyl adjacent to an activating group) is 1. The van der Waals surface area contributed by atoms with Crippen molar-refractivity contribution in [1.29, 1.82) is 0 Å². The van der Waals surface area contributed by atoms with Crippen LogP contribution in [0, 0.1) is 5.92 Å². The average molecular weight is 342 g/mol. The Morgan fingerprint density at radius 3 is 2.68 bits per heavy atom. The maximum Gasteiger partial charge on any atom is 0.257 e. The highest BCUT2D eigenvalue weighted by atomic mass is 16.2. The topological polar surface area (TPSA) is 48.5 Å². The van der Waals surface area contributed by atoms with Crippen molar-refractivity contribution in [2.45, 2.75) is 45.4 Å². The Balaban J connectivity index is 1.62. The molecule has 1 saturated carbocycles. The van der Waals surface area contributed by atoms with Gasteiger partial charge in [-0.1, -0.05) is 6.92 Å². The van der Waals surface area contributed by atoms with E-state index in [0.717, 1.165) is 82.3 Å². The first-order chi connectivity index (χ1) is 12.2. The third-order valence-corrected chi connectivity index (χ3v) is 5.88. The lowest BCUT2D eigenvalue weighted by atomic mass is 10.0. The highest BCUT2D eigenvalue weighted by molar-refractivity contribution is 5.99. The van der Waals surface area contributed by atoms with Crippen LogP contribution in [-0.4, -0.2) is 60.0 Å². The van der Waals surface area contributed by atoms with Gasteiger partial charge in [0, 0.05) is 44.8 Å². The Hall–Kier alpha value is -1.62. The molecule has 1 aromatic rings. The molecule has 3 heterocycles. The highest BCUT2D eigenvalue weighted by Crippen LogP contribution is 2.30. The molecule has 0 aromatic carbocycles. The smallest absolute Gasteiger partial charge is 0.257 e. The van der Waals surface area contributed by atoms with E-state index in [0.29, 0.717) is 0 Å². The summed E-state index contributed by atoms with van der Waals surface area (Å²) >= 11 is 0. The highest BCUT2D eigenvalue weighted by Gasteiger charge is 2.27. The third-order valence-electron chi connectivity index (χ3n) is 5.88. The molecule has 1 aliphatic carbocycles. The molecule has 0 unspecified atom stereocenters. The molecule has 1 saturated heterocycles. The summed E-state index contributed by atoms with van der Waals surface area (Å²) in [5.41, 5.74) is 3.26. The van der Waals surface area contributed by atoms with Crippen LogP contribution in [0.15, 0.2) is 6.07 Å². The van der Waals surface area contributed by atoms with Gasteiger partial charge in [-0.15, -0.1) is 0 Å². The summed E-state index contributed by atoms with van der Waals surface area (Å²) in [6.45, 7) is 8.17. The SMILES string of the molecule is CCN1CCc2cc(C(=O)N3CCCC3)c(NCC3CC3)nc2CC1. The molecule has 0 atom stereocenters. The molecule has 0 radical (unpaired) electrons. The molecule has 1 N–H and O–H groups in total. The predicted octanol–water partition coefficient (Wildman–Crippen LogP) is 2.56. The fourth-order valence-electron chi connectivity index (χ4n) is 3.95. The monoisotopic (exact) mass is 342 g/mol. The van der Waals surface area contributed by atoms with E-state index in [9.17, 15) is 4.79 Å². The van der Waals surface area contributed by atoms with E-state index in [1.807, 2.05) is 4.90 Å². The molecule has 0 spiro atoms. The molecule has 0 bridgehead atoms. The zero-order chi connectivity index (χ0) is 17.2. The van der Waals surface area contributed by atoms with Gasteiger partial charge in [0.25, 0.3) is 5.91 Å². The number of hydrogen-bond donors (Lipinski definition) is 1. The Kier molecular flexibility index (Phi) is 4.93. The summed E-state index contributed by atoms with van der Waals surface area (Å²) in [5, 5.41) is 3.50. The predicted molar refractivity (Wildman–Crippen MR) is 100 cm³/mol. The number of rotatable bonds is 5. The zero-order valence-corrected chi connectivity index (χ0v) is 15.4. The lowest BCUT2D eigenvalue weighted by Gasteiger charge is -2.20. The minimum Gasteiger partial charge on any atom is -0.369 e. The normalized spacial score (nSPS) is 21.1. The first kappa shape index (κ1) is 16.8. The van der Waals surface area contributed by atoms with Gasteiger partial charge in [0.2, 0.25) is 0 Å². The largest absolute Gasteiger partial charge is 0.369 e. The summed E-state index contributed by atoms with van der Waals surface area (Å²) < 4.78 is 0. The van der Waals surface area contributed by atoms with Gasteiger partial charge < -0.3 is 15.1 Å².